The molecule has 0 atom stereocenters. The van der Waals surface area contributed by atoms with E-state index < -0.39 is 0 Å². The summed E-state index contributed by atoms with van der Waals surface area (Å²) < 4.78 is 32.6. The second-order valence-electron chi connectivity index (χ2n) is 5.19. The molecular formula is C19H11F2NO. The predicted molar refractivity (Wildman–Crippen MR) is 84.8 cm³/mol. The molecule has 0 aliphatic carbocycles. The lowest BCUT2D eigenvalue weighted by Gasteiger charge is -2.04. The average molecular weight is 307 g/mol. The molecule has 0 amide bonds. The van der Waals surface area contributed by atoms with Gasteiger partial charge in [0.25, 0.3) is 0 Å². The van der Waals surface area contributed by atoms with Crippen LogP contribution in [0.2, 0.25) is 0 Å². The van der Waals surface area contributed by atoms with Crippen LogP contribution in [0.25, 0.3) is 33.4 Å². The van der Waals surface area contributed by atoms with Crippen molar-refractivity contribution in [2.24, 2.45) is 0 Å². The summed E-state index contributed by atoms with van der Waals surface area (Å²) in [5.41, 5.74) is 2.90. The number of rotatable bonds is 2. The molecule has 4 heteroatoms. The fourth-order valence-corrected chi connectivity index (χ4v) is 2.68. The number of aromatic nitrogens is 1. The zero-order valence-electron chi connectivity index (χ0n) is 12.0. The maximum atomic E-state index is 13.5. The SMILES string of the molecule is Fc1ccc(-c2c(-c3ccncc3)oc3cc(F)ccc23)cc1. The molecule has 2 heterocycles. The topological polar surface area (TPSA) is 26.0 Å². The molecule has 0 radical (unpaired) electrons. The van der Waals surface area contributed by atoms with Gasteiger partial charge in [0.2, 0.25) is 0 Å². The van der Waals surface area contributed by atoms with Crippen molar-refractivity contribution in [3.05, 3.63) is 78.6 Å². The Hall–Kier alpha value is -3.01. The van der Waals surface area contributed by atoms with E-state index in [2.05, 4.69) is 4.98 Å². The maximum Gasteiger partial charge on any atom is 0.143 e. The van der Waals surface area contributed by atoms with Crippen molar-refractivity contribution >= 4 is 11.0 Å². The Morgan fingerprint density at radius 2 is 1.43 bits per heavy atom. The van der Waals surface area contributed by atoms with Crippen LogP contribution in [0.15, 0.2) is 71.4 Å². The first-order valence-corrected chi connectivity index (χ1v) is 7.11. The Morgan fingerprint density at radius 3 is 2.17 bits per heavy atom. The molecule has 23 heavy (non-hydrogen) atoms. The smallest absolute Gasteiger partial charge is 0.143 e. The van der Waals surface area contributed by atoms with Crippen molar-refractivity contribution in [2.45, 2.75) is 0 Å². The van der Waals surface area contributed by atoms with Crippen LogP contribution in [-0.2, 0) is 0 Å². The molecule has 0 N–H and O–H groups in total. The minimum absolute atomic E-state index is 0.307. The van der Waals surface area contributed by atoms with Gasteiger partial charge in [0, 0.05) is 35.0 Å². The van der Waals surface area contributed by atoms with Gasteiger partial charge in [-0.15, -0.1) is 0 Å². The Labute approximate surface area is 131 Å². The number of fused-ring (bicyclic) bond motifs is 1. The molecule has 0 unspecified atom stereocenters. The summed E-state index contributed by atoms with van der Waals surface area (Å²) in [5, 5.41) is 0.782. The minimum atomic E-state index is -0.363. The van der Waals surface area contributed by atoms with Gasteiger partial charge in [-0.3, -0.25) is 4.98 Å². The number of hydrogen-bond donors (Lipinski definition) is 0. The molecule has 2 aromatic carbocycles. The second kappa shape index (κ2) is 5.32. The molecule has 0 aliphatic rings. The zero-order valence-corrected chi connectivity index (χ0v) is 12.0. The first-order chi connectivity index (χ1) is 11.2. The van der Waals surface area contributed by atoms with Crippen molar-refractivity contribution in [1.82, 2.24) is 4.98 Å². The van der Waals surface area contributed by atoms with Gasteiger partial charge in [-0.2, -0.15) is 0 Å². The van der Waals surface area contributed by atoms with Crippen LogP contribution < -0.4 is 0 Å². The standard InChI is InChI=1S/C19H11F2NO/c20-14-3-1-12(2-4-14)18-16-6-5-15(21)11-17(16)23-19(18)13-7-9-22-10-8-13/h1-11H. The summed E-state index contributed by atoms with van der Waals surface area (Å²) in [4.78, 5) is 4.00. The van der Waals surface area contributed by atoms with E-state index in [0.29, 0.717) is 11.3 Å². The van der Waals surface area contributed by atoms with Crippen molar-refractivity contribution < 1.29 is 13.2 Å². The van der Waals surface area contributed by atoms with Crippen molar-refractivity contribution in [2.75, 3.05) is 0 Å². The molecule has 112 valence electrons. The summed E-state index contributed by atoms with van der Waals surface area (Å²) in [6.07, 6.45) is 3.33. The van der Waals surface area contributed by atoms with Gasteiger partial charge in [-0.1, -0.05) is 12.1 Å². The van der Waals surface area contributed by atoms with Gasteiger partial charge in [0.1, 0.15) is 23.0 Å². The van der Waals surface area contributed by atoms with Crippen LogP contribution in [0.1, 0.15) is 0 Å². The van der Waals surface area contributed by atoms with Gasteiger partial charge in [-0.25, -0.2) is 8.78 Å². The number of nitrogens with zero attached hydrogens (tertiary/aromatic N) is 1. The highest BCUT2D eigenvalue weighted by molar-refractivity contribution is 6.01. The summed E-state index contributed by atoms with van der Waals surface area (Å²) in [5.74, 6) is -0.0594. The highest BCUT2D eigenvalue weighted by atomic mass is 19.1. The lowest BCUT2D eigenvalue weighted by molar-refractivity contribution is 0.607. The Morgan fingerprint density at radius 1 is 0.739 bits per heavy atom. The van der Waals surface area contributed by atoms with E-state index in [-0.39, 0.29) is 11.6 Å². The molecular weight excluding hydrogens is 296 g/mol. The quantitative estimate of drug-likeness (QED) is 0.493. The van der Waals surface area contributed by atoms with Crippen LogP contribution in [-0.4, -0.2) is 4.98 Å². The van der Waals surface area contributed by atoms with Crippen LogP contribution in [0.3, 0.4) is 0 Å². The third-order valence-corrected chi connectivity index (χ3v) is 3.73. The van der Waals surface area contributed by atoms with Gasteiger partial charge < -0.3 is 4.42 Å². The van der Waals surface area contributed by atoms with Crippen LogP contribution in [0.5, 0.6) is 0 Å². The van der Waals surface area contributed by atoms with E-state index in [0.717, 1.165) is 22.1 Å². The largest absolute Gasteiger partial charge is 0.455 e. The highest BCUT2D eigenvalue weighted by Crippen LogP contribution is 2.40. The molecule has 0 saturated carbocycles. The summed E-state index contributed by atoms with van der Waals surface area (Å²) >= 11 is 0. The van der Waals surface area contributed by atoms with E-state index >= 15 is 0 Å². The molecule has 4 rings (SSSR count). The summed E-state index contributed by atoms with van der Waals surface area (Å²) in [6, 6.07) is 14.2. The van der Waals surface area contributed by atoms with Crippen molar-refractivity contribution in [1.29, 1.82) is 0 Å². The number of halogens is 2. The second-order valence-corrected chi connectivity index (χ2v) is 5.19. The minimum Gasteiger partial charge on any atom is -0.455 e. The number of hydrogen-bond acceptors (Lipinski definition) is 2. The van der Waals surface area contributed by atoms with Gasteiger partial charge in [0.15, 0.2) is 0 Å². The fraction of sp³-hybridized carbons (Fsp3) is 0. The van der Waals surface area contributed by atoms with Gasteiger partial charge in [0.05, 0.1) is 0 Å². The molecule has 2 nitrogen and oxygen atoms in total. The van der Waals surface area contributed by atoms with E-state index in [1.165, 1.54) is 24.3 Å². The average Bonchev–Trinajstić information content (AvgIpc) is 2.95. The zero-order chi connectivity index (χ0) is 15.8. The maximum absolute atomic E-state index is 13.5. The molecule has 4 aromatic rings. The van der Waals surface area contributed by atoms with E-state index in [4.69, 9.17) is 4.42 Å². The number of benzene rings is 2. The molecule has 0 saturated heterocycles. The highest BCUT2D eigenvalue weighted by Gasteiger charge is 2.18. The van der Waals surface area contributed by atoms with Crippen molar-refractivity contribution in [3.8, 4) is 22.5 Å². The molecule has 0 fully saturated rings. The van der Waals surface area contributed by atoms with Crippen LogP contribution in [0.4, 0.5) is 8.78 Å². The third kappa shape index (κ3) is 2.38. The summed E-state index contributed by atoms with van der Waals surface area (Å²) in [6.45, 7) is 0. The Balaban J connectivity index is 2.05. The number of furan rings is 1. The normalized spacial score (nSPS) is 11.0. The fourth-order valence-electron chi connectivity index (χ4n) is 2.68. The molecule has 0 spiro atoms. The van der Waals surface area contributed by atoms with Crippen molar-refractivity contribution in [3.63, 3.8) is 0 Å². The molecule has 0 bridgehead atoms. The lowest BCUT2D eigenvalue weighted by atomic mass is 9.99. The Bertz CT molecular complexity index is 976. The number of pyridine rings is 1. The Kier molecular flexibility index (Phi) is 3.15. The van der Waals surface area contributed by atoms with E-state index in [1.807, 2.05) is 12.1 Å². The van der Waals surface area contributed by atoms with E-state index in [1.54, 1.807) is 30.6 Å². The third-order valence-electron chi connectivity index (χ3n) is 3.73. The summed E-state index contributed by atoms with van der Waals surface area (Å²) in [7, 11) is 0. The molecule has 0 aliphatic heterocycles. The van der Waals surface area contributed by atoms with Crippen LogP contribution in [0, 0.1) is 11.6 Å². The monoisotopic (exact) mass is 307 g/mol. The van der Waals surface area contributed by atoms with Gasteiger partial charge in [-0.05, 0) is 42.0 Å². The predicted octanol–water partition coefficient (Wildman–Crippen LogP) is 5.44. The lowest BCUT2D eigenvalue weighted by Crippen LogP contribution is -1.82. The van der Waals surface area contributed by atoms with Gasteiger partial charge >= 0.3 is 0 Å². The molecule has 2 aromatic heterocycles. The van der Waals surface area contributed by atoms with E-state index in [9.17, 15) is 8.78 Å². The van der Waals surface area contributed by atoms with Crippen LogP contribution >= 0.6 is 0 Å². The first kappa shape index (κ1) is 13.6. The first-order valence-electron chi connectivity index (χ1n) is 7.11.